The first kappa shape index (κ1) is 13.0. The zero-order valence-corrected chi connectivity index (χ0v) is 9.22. The van der Waals surface area contributed by atoms with Crippen LogP contribution in [0.3, 0.4) is 0 Å². The normalized spacial score (nSPS) is 23.9. The van der Waals surface area contributed by atoms with Crippen LogP contribution in [0.2, 0.25) is 0 Å². The van der Waals surface area contributed by atoms with Gasteiger partial charge < -0.3 is 11.1 Å². The maximum Gasteiger partial charge on any atom is 0.117 e. The number of nitrogens with zero attached hydrogens (tertiary/aromatic N) is 1. The third-order valence-corrected chi connectivity index (χ3v) is 2.61. The Morgan fingerprint density at radius 1 is 1.23 bits per heavy atom. The van der Waals surface area contributed by atoms with E-state index < -0.39 is 0 Å². The molecule has 5 heteroatoms. The summed E-state index contributed by atoms with van der Waals surface area (Å²) in [4.78, 5) is 4.40. The van der Waals surface area contributed by atoms with E-state index in [1.807, 2.05) is 0 Å². The van der Waals surface area contributed by atoms with Gasteiger partial charge in [0, 0.05) is 13.1 Å². The molecule has 0 unspecified atom stereocenters. The van der Waals surface area contributed by atoms with Gasteiger partial charge in [-0.05, 0) is 25.7 Å². The second kappa shape index (κ2) is 5.03. The van der Waals surface area contributed by atoms with Gasteiger partial charge in [-0.15, -0.1) is 24.8 Å². The van der Waals surface area contributed by atoms with E-state index in [1.165, 1.54) is 6.42 Å². The molecule has 78 valence electrons. The lowest BCUT2D eigenvalue weighted by molar-refractivity contribution is 0.331. The number of hydrogen-bond acceptors (Lipinski definition) is 3. The van der Waals surface area contributed by atoms with E-state index in [9.17, 15) is 0 Å². The number of rotatable bonds is 1. The highest BCUT2D eigenvalue weighted by Gasteiger charge is 2.38. The van der Waals surface area contributed by atoms with Crippen molar-refractivity contribution >= 4 is 30.6 Å². The highest BCUT2D eigenvalue weighted by atomic mass is 35.5. The largest absolute Gasteiger partial charge is 0.372 e. The van der Waals surface area contributed by atoms with Crippen molar-refractivity contribution in [3.05, 3.63) is 0 Å². The molecule has 1 fully saturated rings. The van der Waals surface area contributed by atoms with Gasteiger partial charge in [0.05, 0.1) is 5.54 Å². The molecule has 0 atom stereocenters. The first-order chi connectivity index (χ1) is 5.31. The zero-order valence-electron chi connectivity index (χ0n) is 7.58. The number of amidine groups is 1. The Morgan fingerprint density at radius 3 is 2.31 bits per heavy atom. The first-order valence-electron chi connectivity index (χ1n) is 4.39. The summed E-state index contributed by atoms with van der Waals surface area (Å²) in [6.45, 7) is 2.01. The van der Waals surface area contributed by atoms with Crippen LogP contribution in [0.25, 0.3) is 0 Å². The molecule has 3 N–H and O–H groups in total. The minimum absolute atomic E-state index is 0. The third-order valence-electron chi connectivity index (χ3n) is 2.61. The number of halogens is 2. The van der Waals surface area contributed by atoms with E-state index in [0.717, 1.165) is 38.2 Å². The van der Waals surface area contributed by atoms with E-state index in [4.69, 9.17) is 5.73 Å². The van der Waals surface area contributed by atoms with Crippen LogP contribution < -0.4 is 11.1 Å². The summed E-state index contributed by atoms with van der Waals surface area (Å²) in [5, 5.41) is 3.29. The van der Waals surface area contributed by atoms with Gasteiger partial charge in [0.1, 0.15) is 5.84 Å². The summed E-state index contributed by atoms with van der Waals surface area (Å²) in [5.74, 6) is 1.06. The van der Waals surface area contributed by atoms with Crippen LogP contribution in [0.5, 0.6) is 0 Å². The van der Waals surface area contributed by atoms with Crippen molar-refractivity contribution in [2.45, 2.75) is 31.2 Å². The van der Waals surface area contributed by atoms with Crippen LogP contribution in [-0.2, 0) is 0 Å². The lowest BCUT2D eigenvalue weighted by Crippen LogP contribution is -2.59. The lowest BCUT2D eigenvalue weighted by atomic mass is 9.76. The first-order valence-corrected chi connectivity index (χ1v) is 4.39. The molecule has 0 radical (unpaired) electrons. The Balaban J connectivity index is 0.000000720. The summed E-state index contributed by atoms with van der Waals surface area (Å²) in [6.07, 6.45) is 4.63. The Bertz CT molecular complexity index is 190. The van der Waals surface area contributed by atoms with Gasteiger partial charge in [0.2, 0.25) is 0 Å². The standard InChI is InChI=1S/C8H15N3.2ClH/c9-8(3-1-4-8)7-10-5-2-6-11-7;;/h1-6,9H2,(H,10,11);2*1H. The van der Waals surface area contributed by atoms with Gasteiger partial charge in [-0.2, -0.15) is 0 Å². The molecule has 1 aliphatic carbocycles. The molecular formula is C8H17Cl2N3. The molecule has 1 saturated carbocycles. The van der Waals surface area contributed by atoms with Crippen molar-refractivity contribution in [2.75, 3.05) is 13.1 Å². The molecule has 13 heavy (non-hydrogen) atoms. The van der Waals surface area contributed by atoms with Gasteiger partial charge in [-0.3, -0.25) is 4.99 Å². The summed E-state index contributed by atoms with van der Waals surface area (Å²) in [5.41, 5.74) is 6.02. The molecule has 2 rings (SSSR count). The van der Waals surface area contributed by atoms with Crippen LogP contribution in [0, 0.1) is 0 Å². The minimum atomic E-state index is -0.0690. The Morgan fingerprint density at radius 2 is 1.92 bits per heavy atom. The smallest absolute Gasteiger partial charge is 0.117 e. The van der Waals surface area contributed by atoms with Gasteiger partial charge in [-0.25, -0.2) is 0 Å². The van der Waals surface area contributed by atoms with E-state index >= 15 is 0 Å². The zero-order chi connectivity index (χ0) is 7.73. The summed E-state index contributed by atoms with van der Waals surface area (Å²) in [6, 6.07) is 0. The molecule has 0 saturated heterocycles. The van der Waals surface area contributed by atoms with Crippen LogP contribution in [0.4, 0.5) is 0 Å². The average Bonchev–Trinajstić information content (AvgIpc) is 2.02. The SMILES string of the molecule is Cl.Cl.NC1(C2=NCCCN2)CCC1. The van der Waals surface area contributed by atoms with Crippen molar-refractivity contribution in [1.82, 2.24) is 5.32 Å². The number of nitrogens with one attached hydrogen (secondary N) is 1. The summed E-state index contributed by atoms with van der Waals surface area (Å²) < 4.78 is 0. The molecule has 0 spiro atoms. The molecule has 0 aromatic carbocycles. The quantitative estimate of drug-likeness (QED) is 0.703. The highest BCUT2D eigenvalue weighted by Crippen LogP contribution is 2.30. The maximum absolute atomic E-state index is 6.08. The second-order valence-corrected chi connectivity index (χ2v) is 3.52. The van der Waals surface area contributed by atoms with Gasteiger partial charge >= 0.3 is 0 Å². The molecule has 0 aromatic rings. The number of nitrogens with two attached hydrogens (primary N) is 1. The number of aliphatic imine (C=N–C) groups is 1. The highest BCUT2D eigenvalue weighted by molar-refractivity contribution is 5.92. The molecule has 0 amide bonds. The molecular weight excluding hydrogens is 209 g/mol. The van der Waals surface area contributed by atoms with E-state index in [-0.39, 0.29) is 30.4 Å². The Kier molecular flexibility index (Phi) is 5.04. The predicted octanol–water partition coefficient (Wildman–Crippen LogP) is 1.10. The molecule has 0 aromatic heterocycles. The molecule has 3 nitrogen and oxygen atoms in total. The fourth-order valence-corrected chi connectivity index (χ4v) is 1.66. The van der Waals surface area contributed by atoms with Crippen LogP contribution in [0.1, 0.15) is 25.7 Å². The third kappa shape index (κ3) is 2.48. The van der Waals surface area contributed by atoms with Gasteiger partial charge in [-0.1, -0.05) is 0 Å². The van der Waals surface area contributed by atoms with Crippen LogP contribution in [0.15, 0.2) is 4.99 Å². The Hall–Kier alpha value is 0.01000. The molecule has 0 bridgehead atoms. The average molecular weight is 226 g/mol. The Labute approximate surface area is 91.4 Å². The molecule has 1 aliphatic heterocycles. The lowest BCUT2D eigenvalue weighted by Gasteiger charge is -2.40. The topological polar surface area (TPSA) is 50.4 Å². The monoisotopic (exact) mass is 225 g/mol. The fourth-order valence-electron chi connectivity index (χ4n) is 1.66. The van der Waals surface area contributed by atoms with Crippen molar-refractivity contribution in [2.24, 2.45) is 10.7 Å². The van der Waals surface area contributed by atoms with Crippen LogP contribution in [-0.4, -0.2) is 24.5 Å². The predicted molar refractivity (Wildman–Crippen MR) is 60.2 cm³/mol. The second-order valence-electron chi connectivity index (χ2n) is 3.52. The van der Waals surface area contributed by atoms with E-state index in [2.05, 4.69) is 10.3 Å². The molecule has 2 aliphatic rings. The van der Waals surface area contributed by atoms with Gasteiger partial charge in [0.15, 0.2) is 0 Å². The van der Waals surface area contributed by atoms with Crippen molar-refractivity contribution in [3.8, 4) is 0 Å². The van der Waals surface area contributed by atoms with Gasteiger partial charge in [0.25, 0.3) is 0 Å². The summed E-state index contributed by atoms with van der Waals surface area (Å²) >= 11 is 0. The van der Waals surface area contributed by atoms with E-state index in [1.54, 1.807) is 0 Å². The number of hydrogen-bond donors (Lipinski definition) is 2. The van der Waals surface area contributed by atoms with Crippen molar-refractivity contribution in [1.29, 1.82) is 0 Å². The maximum atomic E-state index is 6.08. The van der Waals surface area contributed by atoms with Crippen LogP contribution >= 0.6 is 24.8 Å². The summed E-state index contributed by atoms with van der Waals surface area (Å²) in [7, 11) is 0. The molecule has 1 heterocycles. The van der Waals surface area contributed by atoms with Crippen molar-refractivity contribution < 1.29 is 0 Å². The minimum Gasteiger partial charge on any atom is -0.372 e. The van der Waals surface area contributed by atoms with E-state index in [0.29, 0.717) is 0 Å². The van der Waals surface area contributed by atoms with Crippen molar-refractivity contribution in [3.63, 3.8) is 0 Å². The fraction of sp³-hybridized carbons (Fsp3) is 0.875.